The van der Waals surface area contributed by atoms with E-state index >= 15 is 0 Å². The third kappa shape index (κ3) is 2.22. The molecule has 0 aromatic heterocycles. The van der Waals surface area contributed by atoms with Crippen LogP contribution in [0.3, 0.4) is 0 Å². The van der Waals surface area contributed by atoms with Crippen LogP contribution in [0.1, 0.15) is 10.4 Å². The van der Waals surface area contributed by atoms with E-state index in [1.807, 2.05) is 0 Å². The predicted molar refractivity (Wildman–Crippen MR) is 53.6 cm³/mol. The molecule has 0 spiro atoms. The molecule has 1 heterocycles. The Morgan fingerprint density at radius 3 is 2.73 bits per heavy atom. The molecule has 4 nitrogen and oxygen atoms in total. The molecule has 0 aliphatic carbocycles. The van der Waals surface area contributed by atoms with Gasteiger partial charge in [-0.3, -0.25) is 0 Å². The molecule has 80 valence electrons. The highest BCUT2D eigenvalue weighted by Crippen LogP contribution is 2.24. The van der Waals surface area contributed by atoms with Gasteiger partial charge in [-0.15, -0.1) is 0 Å². The van der Waals surface area contributed by atoms with Crippen LogP contribution in [0.2, 0.25) is 5.02 Å². The lowest BCUT2D eigenvalue weighted by molar-refractivity contribution is -0.0796. The predicted octanol–water partition coefficient (Wildman–Crippen LogP) is 1.82. The molecule has 0 bridgehead atoms. The number of rotatable bonds is 3. The minimum Gasteiger partial charge on any atom is -0.486 e. The fourth-order valence-corrected chi connectivity index (χ4v) is 1.47. The van der Waals surface area contributed by atoms with Gasteiger partial charge in [-0.1, -0.05) is 11.6 Å². The molecule has 1 aromatic carbocycles. The zero-order valence-corrected chi connectivity index (χ0v) is 8.53. The van der Waals surface area contributed by atoms with E-state index in [2.05, 4.69) is 0 Å². The molecule has 0 unspecified atom stereocenters. The Hall–Kier alpha value is -1.26. The Bertz CT molecular complexity index is 387. The third-order valence-electron chi connectivity index (χ3n) is 2.08. The van der Waals surface area contributed by atoms with Crippen molar-refractivity contribution in [3.8, 4) is 5.75 Å². The zero-order chi connectivity index (χ0) is 10.8. The van der Waals surface area contributed by atoms with Crippen LogP contribution in [0.5, 0.6) is 5.75 Å². The van der Waals surface area contributed by atoms with Crippen molar-refractivity contribution >= 4 is 17.6 Å². The number of hydrogen-bond donors (Lipinski definition) is 1. The zero-order valence-electron chi connectivity index (χ0n) is 7.77. The van der Waals surface area contributed by atoms with E-state index in [0.29, 0.717) is 19.0 Å². The summed E-state index contributed by atoms with van der Waals surface area (Å²) >= 11 is 5.78. The number of carboxylic acids is 1. The molecule has 0 radical (unpaired) electrons. The number of carbonyl (C=O) groups is 1. The number of carboxylic acid groups (broad SMARTS) is 1. The van der Waals surface area contributed by atoms with Crippen molar-refractivity contribution in [2.24, 2.45) is 0 Å². The van der Waals surface area contributed by atoms with Crippen molar-refractivity contribution in [2.45, 2.75) is 6.10 Å². The minimum absolute atomic E-state index is 0.0525. The fraction of sp³-hybridized carbons (Fsp3) is 0.300. The standard InChI is InChI=1S/C10H9ClO4/c11-9-3-6(15-7-4-14-5-7)1-2-8(9)10(12)13/h1-3,7H,4-5H2,(H,12,13). The normalized spacial score (nSPS) is 15.8. The summed E-state index contributed by atoms with van der Waals surface area (Å²) in [5, 5.41) is 8.93. The molecule has 1 aliphatic heterocycles. The molecule has 1 aromatic rings. The van der Waals surface area contributed by atoms with E-state index in [-0.39, 0.29) is 16.7 Å². The summed E-state index contributed by atoms with van der Waals surface area (Å²) in [6.45, 7) is 1.14. The van der Waals surface area contributed by atoms with Crippen molar-refractivity contribution < 1.29 is 19.4 Å². The molecule has 1 fully saturated rings. The summed E-state index contributed by atoms with van der Waals surface area (Å²) in [6.07, 6.45) is 0.0525. The van der Waals surface area contributed by atoms with Gasteiger partial charge in [0.2, 0.25) is 0 Å². The third-order valence-corrected chi connectivity index (χ3v) is 2.39. The van der Waals surface area contributed by atoms with Gasteiger partial charge < -0.3 is 14.6 Å². The maximum Gasteiger partial charge on any atom is 0.337 e. The van der Waals surface area contributed by atoms with Gasteiger partial charge in [0.15, 0.2) is 0 Å². The van der Waals surface area contributed by atoms with Crippen molar-refractivity contribution in [1.29, 1.82) is 0 Å². The van der Waals surface area contributed by atoms with Crippen LogP contribution in [0.15, 0.2) is 18.2 Å². The Balaban J connectivity index is 2.13. The second-order valence-corrected chi connectivity index (χ2v) is 3.63. The first-order valence-corrected chi connectivity index (χ1v) is 4.82. The van der Waals surface area contributed by atoms with Gasteiger partial charge in [-0.25, -0.2) is 4.79 Å². The van der Waals surface area contributed by atoms with Gasteiger partial charge in [0.05, 0.1) is 23.8 Å². The molecule has 15 heavy (non-hydrogen) atoms. The molecule has 0 amide bonds. The van der Waals surface area contributed by atoms with Gasteiger partial charge in [-0.2, -0.15) is 0 Å². The second-order valence-electron chi connectivity index (χ2n) is 3.22. The van der Waals surface area contributed by atoms with E-state index in [0.717, 1.165) is 0 Å². The summed E-state index contributed by atoms with van der Waals surface area (Å²) in [6, 6.07) is 4.52. The highest BCUT2D eigenvalue weighted by atomic mass is 35.5. The summed E-state index contributed by atoms with van der Waals surface area (Å²) in [4.78, 5) is 10.7. The van der Waals surface area contributed by atoms with Crippen molar-refractivity contribution in [3.05, 3.63) is 28.8 Å². The first-order valence-electron chi connectivity index (χ1n) is 4.44. The van der Waals surface area contributed by atoms with Crippen molar-refractivity contribution in [2.75, 3.05) is 13.2 Å². The van der Waals surface area contributed by atoms with Crippen LogP contribution in [0.4, 0.5) is 0 Å². The number of hydrogen-bond acceptors (Lipinski definition) is 3. The van der Waals surface area contributed by atoms with Crippen LogP contribution in [0.25, 0.3) is 0 Å². The van der Waals surface area contributed by atoms with Crippen LogP contribution in [-0.4, -0.2) is 30.4 Å². The number of aromatic carboxylic acids is 1. The van der Waals surface area contributed by atoms with Crippen LogP contribution in [0, 0.1) is 0 Å². The number of halogens is 1. The maximum absolute atomic E-state index is 10.7. The maximum atomic E-state index is 10.7. The lowest BCUT2D eigenvalue weighted by atomic mass is 10.2. The molecule has 1 aliphatic rings. The van der Waals surface area contributed by atoms with Gasteiger partial charge >= 0.3 is 5.97 Å². The van der Waals surface area contributed by atoms with Crippen molar-refractivity contribution in [3.63, 3.8) is 0 Å². The molecular formula is C10H9ClO4. The van der Waals surface area contributed by atoms with E-state index in [9.17, 15) is 4.79 Å². The highest BCUT2D eigenvalue weighted by molar-refractivity contribution is 6.33. The Labute approximate surface area is 91.4 Å². The Kier molecular flexibility index (Phi) is 2.79. The highest BCUT2D eigenvalue weighted by Gasteiger charge is 2.20. The molecule has 2 rings (SSSR count). The van der Waals surface area contributed by atoms with Crippen LogP contribution >= 0.6 is 11.6 Å². The Morgan fingerprint density at radius 2 is 2.27 bits per heavy atom. The smallest absolute Gasteiger partial charge is 0.337 e. The van der Waals surface area contributed by atoms with E-state index in [1.54, 1.807) is 6.07 Å². The largest absolute Gasteiger partial charge is 0.486 e. The number of benzene rings is 1. The summed E-state index contributed by atoms with van der Waals surface area (Å²) in [5.74, 6) is -0.475. The van der Waals surface area contributed by atoms with Crippen molar-refractivity contribution in [1.82, 2.24) is 0 Å². The minimum atomic E-state index is -1.04. The van der Waals surface area contributed by atoms with E-state index in [1.165, 1.54) is 12.1 Å². The fourth-order valence-electron chi connectivity index (χ4n) is 1.22. The van der Waals surface area contributed by atoms with E-state index in [4.69, 9.17) is 26.2 Å². The van der Waals surface area contributed by atoms with Crippen LogP contribution < -0.4 is 4.74 Å². The monoisotopic (exact) mass is 228 g/mol. The van der Waals surface area contributed by atoms with E-state index < -0.39 is 5.97 Å². The average molecular weight is 229 g/mol. The Morgan fingerprint density at radius 1 is 1.53 bits per heavy atom. The van der Waals surface area contributed by atoms with Gasteiger partial charge in [0, 0.05) is 0 Å². The lowest BCUT2D eigenvalue weighted by Gasteiger charge is -2.26. The lowest BCUT2D eigenvalue weighted by Crippen LogP contribution is -2.38. The topological polar surface area (TPSA) is 55.8 Å². The second kappa shape index (κ2) is 4.08. The quantitative estimate of drug-likeness (QED) is 0.857. The first-order chi connectivity index (χ1) is 7.16. The summed E-state index contributed by atoms with van der Waals surface area (Å²) in [5.41, 5.74) is 0.0777. The molecule has 0 saturated carbocycles. The molecule has 5 heteroatoms. The molecule has 1 N–H and O–H groups in total. The molecule has 1 saturated heterocycles. The summed E-state index contributed by atoms with van der Waals surface area (Å²) in [7, 11) is 0. The van der Waals surface area contributed by atoms with Gasteiger partial charge in [0.25, 0.3) is 0 Å². The number of ether oxygens (including phenoxy) is 2. The van der Waals surface area contributed by atoms with Gasteiger partial charge in [-0.05, 0) is 18.2 Å². The van der Waals surface area contributed by atoms with Gasteiger partial charge in [0.1, 0.15) is 11.9 Å². The molecule has 0 atom stereocenters. The summed E-state index contributed by atoms with van der Waals surface area (Å²) < 4.78 is 10.4. The molecular weight excluding hydrogens is 220 g/mol. The first kappa shape index (κ1) is 10.3. The van der Waals surface area contributed by atoms with Crippen LogP contribution in [-0.2, 0) is 4.74 Å². The average Bonchev–Trinajstić information content (AvgIpc) is 2.11. The SMILES string of the molecule is O=C(O)c1ccc(OC2COC2)cc1Cl.